The van der Waals surface area contributed by atoms with Crippen molar-refractivity contribution in [1.82, 2.24) is 5.16 Å². The summed E-state index contributed by atoms with van der Waals surface area (Å²) >= 11 is 0. The van der Waals surface area contributed by atoms with E-state index in [1.165, 1.54) is 18.2 Å². The van der Waals surface area contributed by atoms with Gasteiger partial charge < -0.3 is 10.3 Å². The largest absolute Gasteiger partial charge is 0.399 e. The van der Waals surface area contributed by atoms with Gasteiger partial charge in [0.25, 0.3) is 10.0 Å². The molecule has 6 nitrogen and oxygen atoms in total. The zero-order valence-corrected chi connectivity index (χ0v) is 9.86. The first-order valence-corrected chi connectivity index (χ1v) is 6.27. The van der Waals surface area contributed by atoms with Gasteiger partial charge >= 0.3 is 0 Å². The number of aryl methyl sites for hydroxylation is 1. The lowest BCUT2D eigenvalue weighted by Crippen LogP contribution is -2.12. The summed E-state index contributed by atoms with van der Waals surface area (Å²) in [6.07, 6.45) is 0. The third-order valence-electron chi connectivity index (χ3n) is 2.03. The lowest BCUT2D eigenvalue weighted by atomic mass is 10.3. The lowest BCUT2D eigenvalue weighted by Gasteiger charge is -2.04. The van der Waals surface area contributed by atoms with Crippen molar-refractivity contribution in [3.05, 3.63) is 36.0 Å². The Labute approximate surface area is 98.5 Å². The quantitative estimate of drug-likeness (QED) is 0.805. The minimum Gasteiger partial charge on any atom is -0.399 e. The second kappa shape index (κ2) is 4.10. The van der Waals surface area contributed by atoms with Crippen LogP contribution in [-0.4, -0.2) is 13.6 Å². The highest BCUT2D eigenvalue weighted by Gasteiger charge is 2.16. The van der Waals surface area contributed by atoms with Gasteiger partial charge in [0.15, 0.2) is 0 Å². The number of nitrogens with one attached hydrogen (secondary N) is 1. The first kappa shape index (κ1) is 11.5. The normalized spacial score (nSPS) is 11.4. The van der Waals surface area contributed by atoms with Gasteiger partial charge in [0.2, 0.25) is 5.88 Å². The maximum absolute atomic E-state index is 11.9. The summed E-state index contributed by atoms with van der Waals surface area (Å²) in [4.78, 5) is 0.0755. The number of nitrogen functional groups attached to an aromatic ring is 1. The van der Waals surface area contributed by atoms with Crippen LogP contribution in [0.1, 0.15) is 5.69 Å². The molecule has 0 radical (unpaired) electrons. The Morgan fingerprint density at radius 3 is 2.71 bits per heavy atom. The molecule has 0 unspecified atom stereocenters. The topological polar surface area (TPSA) is 98.2 Å². The van der Waals surface area contributed by atoms with E-state index >= 15 is 0 Å². The Bertz CT molecular complexity index is 634. The fourth-order valence-electron chi connectivity index (χ4n) is 1.28. The molecule has 7 heteroatoms. The van der Waals surface area contributed by atoms with E-state index < -0.39 is 10.0 Å². The van der Waals surface area contributed by atoms with E-state index in [1.807, 2.05) is 0 Å². The zero-order valence-electron chi connectivity index (χ0n) is 9.04. The number of sulfonamides is 1. The number of rotatable bonds is 3. The monoisotopic (exact) mass is 253 g/mol. The van der Waals surface area contributed by atoms with Crippen molar-refractivity contribution in [2.24, 2.45) is 0 Å². The van der Waals surface area contributed by atoms with Crippen LogP contribution in [0.2, 0.25) is 0 Å². The molecule has 1 heterocycles. The number of benzene rings is 1. The molecule has 0 aliphatic carbocycles. The third-order valence-corrected chi connectivity index (χ3v) is 3.38. The Morgan fingerprint density at radius 2 is 2.12 bits per heavy atom. The molecule has 3 N–H and O–H groups in total. The molecule has 0 amide bonds. The molecule has 0 aliphatic heterocycles. The second-order valence-corrected chi connectivity index (χ2v) is 5.19. The Hall–Kier alpha value is -2.02. The van der Waals surface area contributed by atoms with Crippen LogP contribution in [0.4, 0.5) is 11.6 Å². The van der Waals surface area contributed by atoms with Crippen LogP contribution in [0, 0.1) is 6.92 Å². The summed E-state index contributed by atoms with van der Waals surface area (Å²) in [6, 6.07) is 7.48. The summed E-state index contributed by atoms with van der Waals surface area (Å²) < 4.78 is 30.9. The maximum atomic E-state index is 11.9. The van der Waals surface area contributed by atoms with Crippen LogP contribution in [0.5, 0.6) is 0 Å². The van der Waals surface area contributed by atoms with E-state index in [0.29, 0.717) is 11.4 Å². The fourth-order valence-corrected chi connectivity index (χ4v) is 2.31. The van der Waals surface area contributed by atoms with Gasteiger partial charge in [-0.2, -0.15) is 0 Å². The predicted octanol–water partition coefficient (Wildman–Crippen LogP) is 1.37. The second-order valence-electron chi connectivity index (χ2n) is 3.51. The molecule has 2 aromatic rings. The highest BCUT2D eigenvalue weighted by molar-refractivity contribution is 7.92. The third kappa shape index (κ3) is 2.56. The summed E-state index contributed by atoms with van der Waals surface area (Å²) in [7, 11) is -3.69. The van der Waals surface area contributed by atoms with Crippen molar-refractivity contribution in [2.45, 2.75) is 11.8 Å². The van der Waals surface area contributed by atoms with Crippen LogP contribution < -0.4 is 10.5 Å². The molecule has 0 aliphatic rings. The number of anilines is 2. The van der Waals surface area contributed by atoms with Crippen molar-refractivity contribution < 1.29 is 12.9 Å². The van der Waals surface area contributed by atoms with Gasteiger partial charge in [-0.15, -0.1) is 0 Å². The van der Waals surface area contributed by atoms with Crippen molar-refractivity contribution in [3.63, 3.8) is 0 Å². The van der Waals surface area contributed by atoms with E-state index in [9.17, 15) is 8.42 Å². The van der Waals surface area contributed by atoms with Crippen LogP contribution in [0.3, 0.4) is 0 Å². The van der Waals surface area contributed by atoms with E-state index in [1.54, 1.807) is 19.1 Å². The molecular weight excluding hydrogens is 242 g/mol. The summed E-state index contributed by atoms with van der Waals surface area (Å²) in [6.45, 7) is 1.70. The molecule has 0 fully saturated rings. The Balaban J connectivity index is 2.31. The zero-order chi connectivity index (χ0) is 12.5. The van der Waals surface area contributed by atoms with Gasteiger partial charge in [0.05, 0.1) is 10.6 Å². The van der Waals surface area contributed by atoms with E-state index in [4.69, 9.17) is 10.3 Å². The highest BCUT2D eigenvalue weighted by atomic mass is 32.2. The fraction of sp³-hybridized carbons (Fsp3) is 0.100. The van der Waals surface area contributed by atoms with E-state index in [-0.39, 0.29) is 10.8 Å². The minimum atomic E-state index is -3.69. The number of hydrogen-bond donors (Lipinski definition) is 2. The van der Waals surface area contributed by atoms with Crippen LogP contribution in [0.15, 0.2) is 39.8 Å². The van der Waals surface area contributed by atoms with Crippen molar-refractivity contribution in [2.75, 3.05) is 10.5 Å². The Kier molecular flexibility index (Phi) is 2.76. The van der Waals surface area contributed by atoms with Gasteiger partial charge in [-0.3, -0.25) is 0 Å². The van der Waals surface area contributed by atoms with Crippen LogP contribution in [-0.2, 0) is 10.0 Å². The minimum absolute atomic E-state index is 0.0740. The number of nitrogens with zero attached hydrogens (tertiary/aromatic N) is 1. The van der Waals surface area contributed by atoms with Crippen LogP contribution >= 0.6 is 0 Å². The summed E-state index contributed by atoms with van der Waals surface area (Å²) in [5.41, 5.74) is 6.49. The van der Waals surface area contributed by atoms with Crippen molar-refractivity contribution in [3.8, 4) is 0 Å². The number of hydrogen-bond acceptors (Lipinski definition) is 5. The molecule has 0 bridgehead atoms. The van der Waals surface area contributed by atoms with Gasteiger partial charge in [-0.05, 0) is 25.1 Å². The number of nitrogens with two attached hydrogens (primary N) is 1. The van der Waals surface area contributed by atoms with Crippen molar-refractivity contribution >= 4 is 21.6 Å². The molecule has 0 spiro atoms. The molecule has 1 aromatic carbocycles. The first-order valence-electron chi connectivity index (χ1n) is 4.79. The average molecular weight is 253 g/mol. The van der Waals surface area contributed by atoms with Gasteiger partial charge in [0.1, 0.15) is 0 Å². The molecule has 1 aromatic heterocycles. The Morgan fingerprint density at radius 1 is 1.35 bits per heavy atom. The van der Waals surface area contributed by atoms with E-state index in [2.05, 4.69) is 9.88 Å². The molecule has 0 saturated heterocycles. The van der Waals surface area contributed by atoms with Crippen molar-refractivity contribution in [1.29, 1.82) is 0 Å². The standard InChI is InChI=1S/C10H11N3O3S/c1-7-5-10(16-12-7)13-17(14,15)9-4-2-3-8(11)6-9/h2-6,13H,11H2,1H3. The molecule has 17 heavy (non-hydrogen) atoms. The SMILES string of the molecule is Cc1cc(NS(=O)(=O)c2cccc(N)c2)on1. The predicted molar refractivity (Wildman–Crippen MR) is 62.9 cm³/mol. The highest BCUT2D eigenvalue weighted by Crippen LogP contribution is 2.18. The van der Waals surface area contributed by atoms with Gasteiger partial charge in [-0.25, -0.2) is 13.1 Å². The van der Waals surface area contributed by atoms with Gasteiger partial charge in [0, 0.05) is 11.8 Å². The summed E-state index contributed by atoms with van der Waals surface area (Å²) in [5.74, 6) is 0.0740. The molecule has 90 valence electrons. The van der Waals surface area contributed by atoms with Gasteiger partial charge in [-0.1, -0.05) is 11.2 Å². The maximum Gasteiger partial charge on any atom is 0.264 e. The number of aromatic nitrogens is 1. The molecule has 2 rings (SSSR count). The smallest absolute Gasteiger partial charge is 0.264 e. The lowest BCUT2D eigenvalue weighted by molar-refractivity contribution is 0.430. The molecular formula is C10H11N3O3S. The molecule has 0 saturated carbocycles. The molecule has 0 atom stereocenters. The summed E-state index contributed by atoms with van der Waals surface area (Å²) in [5, 5.41) is 3.59. The average Bonchev–Trinajstić information content (AvgIpc) is 2.63. The van der Waals surface area contributed by atoms with Crippen LogP contribution in [0.25, 0.3) is 0 Å². The van der Waals surface area contributed by atoms with E-state index in [0.717, 1.165) is 0 Å². The first-order chi connectivity index (χ1) is 7.97.